The highest BCUT2D eigenvalue weighted by molar-refractivity contribution is 5.94. The van der Waals surface area contributed by atoms with Gasteiger partial charge < -0.3 is 21.1 Å². The molecular weight excluding hydrogens is 230 g/mol. The number of primary amides is 1. The van der Waals surface area contributed by atoms with E-state index in [4.69, 9.17) is 16.2 Å². The molecule has 5 nitrogen and oxygen atoms in total. The zero-order chi connectivity index (χ0) is 13.1. The normalized spacial score (nSPS) is 18.8. The van der Waals surface area contributed by atoms with Gasteiger partial charge in [0.05, 0.1) is 17.5 Å². The summed E-state index contributed by atoms with van der Waals surface area (Å²) in [7, 11) is 1.97. The second-order valence-electron chi connectivity index (χ2n) is 4.65. The summed E-state index contributed by atoms with van der Waals surface area (Å²) in [6.45, 7) is 1.65. The zero-order valence-electron chi connectivity index (χ0n) is 10.6. The molecule has 1 heterocycles. The van der Waals surface area contributed by atoms with Crippen LogP contribution >= 0.6 is 0 Å². The first kappa shape index (κ1) is 12.7. The van der Waals surface area contributed by atoms with Crippen LogP contribution < -0.4 is 16.4 Å². The number of carbonyl (C=O) groups excluding carboxylic acids is 1. The summed E-state index contributed by atoms with van der Waals surface area (Å²) in [6.07, 6.45) is 2.48. The number of benzene rings is 1. The van der Waals surface area contributed by atoms with Crippen LogP contribution in [0.25, 0.3) is 0 Å². The number of likely N-dealkylation sites (N-methyl/N-ethyl adjacent to an activating group) is 1. The Kier molecular flexibility index (Phi) is 3.72. The molecule has 1 saturated heterocycles. The number of hydrogen-bond acceptors (Lipinski definition) is 4. The third-order valence-corrected chi connectivity index (χ3v) is 3.22. The quantitative estimate of drug-likeness (QED) is 0.779. The molecule has 0 radical (unpaired) electrons. The lowest BCUT2D eigenvalue weighted by molar-refractivity contribution is 0.1000. The number of nitrogen functional groups attached to an aromatic ring is 1. The number of ether oxygens (including phenoxy) is 1. The van der Waals surface area contributed by atoms with E-state index in [0.29, 0.717) is 11.3 Å². The zero-order valence-corrected chi connectivity index (χ0v) is 10.6. The van der Waals surface area contributed by atoms with Crippen LogP contribution in [-0.2, 0) is 4.74 Å². The summed E-state index contributed by atoms with van der Waals surface area (Å²) >= 11 is 0. The molecule has 0 aliphatic carbocycles. The summed E-state index contributed by atoms with van der Waals surface area (Å²) < 4.78 is 5.59. The minimum absolute atomic E-state index is 0.269. The fourth-order valence-corrected chi connectivity index (χ4v) is 2.25. The van der Waals surface area contributed by atoms with Crippen molar-refractivity contribution in [3.05, 3.63) is 23.8 Å². The molecule has 0 spiro atoms. The molecule has 4 N–H and O–H groups in total. The second-order valence-corrected chi connectivity index (χ2v) is 4.65. The molecule has 1 aromatic carbocycles. The van der Waals surface area contributed by atoms with Gasteiger partial charge in [0, 0.05) is 25.8 Å². The minimum atomic E-state index is -0.463. The van der Waals surface area contributed by atoms with Crippen molar-refractivity contribution in [3.8, 4) is 0 Å². The lowest BCUT2D eigenvalue weighted by Gasteiger charge is -2.24. The lowest BCUT2D eigenvalue weighted by Crippen LogP contribution is -2.29. The molecule has 18 heavy (non-hydrogen) atoms. The topological polar surface area (TPSA) is 81.6 Å². The molecule has 0 bridgehead atoms. The largest absolute Gasteiger partial charge is 0.397 e. The van der Waals surface area contributed by atoms with Crippen molar-refractivity contribution >= 4 is 17.3 Å². The van der Waals surface area contributed by atoms with Crippen LogP contribution in [0.3, 0.4) is 0 Å². The van der Waals surface area contributed by atoms with Gasteiger partial charge in [-0.1, -0.05) is 0 Å². The van der Waals surface area contributed by atoms with E-state index in [-0.39, 0.29) is 6.10 Å². The van der Waals surface area contributed by atoms with Crippen LogP contribution in [0.4, 0.5) is 11.4 Å². The van der Waals surface area contributed by atoms with E-state index in [0.717, 1.165) is 31.7 Å². The van der Waals surface area contributed by atoms with Gasteiger partial charge in [-0.2, -0.15) is 0 Å². The van der Waals surface area contributed by atoms with E-state index < -0.39 is 5.91 Å². The average molecular weight is 249 g/mol. The molecule has 1 fully saturated rings. The van der Waals surface area contributed by atoms with E-state index in [1.54, 1.807) is 12.1 Å². The predicted molar refractivity (Wildman–Crippen MR) is 71.6 cm³/mol. The summed E-state index contributed by atoms with van der Waals surface area (Å²) in [5, 5.41) is 0. The highest BCUT2D eigenvalue weighted by Crippen LogP contribution is 2.25. The van der Waals surface area contributed by atoms with Crippen molar-refractivity contribution in [2.45, 2.75) is 18.9 Å². The molecule has 98 valence electrons. The fourth-order valence-electron chi connectivity index (χ4n) is 2.25. The van der Waals surface area contributed by atoms with Crippen molar-refractivity contribution in [2.24, 2.45) is 5.73 Å². The highest BCUT2D eigenvalue weighted by Gasteiger charge is 2.18. The van der Waals surface area contributed by atoms with E-state index in [1.165, 1.54) is 0 Å². The predicted octanol–water partition coefficient (Wildman–Crippen LogP) is 0.983. The van der Waals surface area contributed by atoms with Crippen molar-refractivity contribution in [3.63, 3.8) is 0 Å². The maximum Gasteiger partial charge on any atom is 0.248 e. The molecule has 0 saturated carbocycles. The lowest BCUT2D eigenvalue weighted by atomic mass is 10.1. The van der Waals surface area contributed by atoms with Gasteiger partial charge >= 0.3 is 0 Å². The Morgan fingerprint density at radius 3 is 2.89 bits per heavy atom. The van der Waals surface area contributed by atoms with Gasteiger partial charge in [0.15, 0.2) is 0 Å². The Morgan fingerprint density at radius 2 is 2.33 bits per heavy atom. The number of anilines is 2. The fraction of sp³-hybridized carbons (Fsp3) is 0.462. The Labute approximate surface area is 107 Å². The maximum absolute atomic E-state index is 11.0. The van der Waals surface area contributed by atoms with Crippen molar-refractivity contribution in [1.82, 2.24) is 0 Å². The molecule has 1 aliphatic rings. The molecule has 2 rings (SSSR count). The Bertz CT molecular complexity index is 442. The van der Waals surface area contributed by atoms with Crippen LogP contribution in [-0.4, -0.2) is 32.2 Å². The Morgan fingerprint density at radius 1 is 1.56 bits per heavy atom. The summed E-state index contributed by atoms with van der Waals surface area (Å²) in [4.78, 5) is 13.1. The molecular formula is C13H19N3O2. The van der Waals surface area contributed by atoms with Gasteiger partial charge in [-0.25, -0.2) is 0 Å². The van der Waals surface area contributed by atoms with Crippen molar-refractivity contribution < 1.29 is 9.53 Å². The first-order valence-electron chi connectivity index (χ1n) is 6.10. The van der Waals surface area contributed by atoms with Gasteiger partial charge in [0.25, 0.3) is 0 Å². The molecule has 1 atom stereocenters. The Hall–Kier alpha value is -1.75. The molecule has 1 amide bonds. The van der Waals surface area contributed by atoms with Gasteiger partial charge in [-0.15, -0.1) is 0 Å². The van der Waals surface area contributed by atoms with E-state index in [9.17, 15) is 4.79 Å². The number of nitrogens with two attached hydrogens (primary N) is 2. The van der Waals surface area contributed by atoms with Crippen LogP contribution in [0, 0.1) is 0 Å². The van der Waals surface area contributed by atoms with Crippen LogP contribution in [0.15, 0.2) is 18.2 Å². The van der Waals surface area contributed by atoms with Gasteiger partial charge in [0.1, 0.15) is 0 Å². The third-order valence-electron chi connectivity index (χ3n) is 3.22. The molecule has 1 aromatic rings. The van der Waals surface area contributed by atoms with Crippen LogP contribution in [0.1, 0.15) is 23.2 Å². The first-order chi connectivity index (χ1) is 8.58. The van der Waals surface area contributed by atoms with Gasteiger partial charge in [-0.05, 0) is 31.0 Å². The SMILES string of the molecule is CN(CC1CCCO1)c1ccc(C(N)=O)cc1N. The summed E-state index contributed by atoms with van der Waals surface area (Å²) in [5.41, 5.74) is 13.0. The number of amides is 1. The smallest absolute Gasteiger partial charge is 0.248 e. The van der Waals surface area contributed by atoms with Gasteiger partial charge in [0.2, 0.25) is 5.91 Å². The standard InChI is InChI=1S/C13H19N3O2/c1-16(8-10-3-2-6-18-10)12-5-4-9(13(15)17)7-11(12)14/h4-5,7,10H,2-3,6,8,14H2,1H3,(H2,15,17). The van der Waals surface area contributed by atoms with Gasteiger partial charge in [-0.3, -0.25) is 4.79 Å². The second kappa shape index (κ2) is 5.27. The maximum atomic E-state index is 11.0. The molecule has 5 heteroatoms. The highest BCUT2D eigenvalue weighted by atomic mass is 16.5. The minimum Gasteiger partial charge on any atom is -0.397 e. The van der Waals surface area contributed by atoms with Crippen molar-refractivity contribution in [1.29, 1.82) is 0 Å². The molecule has 0 aromatic heterocycles. The molecule has 1 aliphatic heterocycles. The van der Waals surface area contributed by atoms with Crippen LogP contribution in [0.5, 0.6) is 0 Å². The Balaban J connectivity index is 2.09. The van der Waals surface area contributed by atoms with E-state index >= 15 is 0 Å². The number of rotatable bonds is 4. The van der Waals surface area contributed by atoms with E-state index in [1.807, 2.05) is 13.1 Å². The van der Waals surface area contributed by atoms with Crippen LogP contribution in [0.2, 0.25) is 0 Å². The molecule has 1 unspecified atom stereocenters. The summed E-state index contributed by atoms with van der Waals surface area (Å²) in [5.74, 6) is -0.463. The average Bonchev–Trinajstić information content (AvgIpc) is 2.81. The number of hydrogen-bond donors (Lipinski definition) is 2. The third kappa shape index (κ3) is 2.73. The number of carbonyl (C=O) groups is 1. The van der Waals surface area contributed by atoms with E-state index in [2.05, 4.69) is 4.90 Å². The van der Waals surface area contributed by atoms with Crippen molar-refractivity contribution in [2.75, 3.05) is 30.8 Å². The summed E-state index contributed by atoms with van der Waals surface area (Å²) in [6, 6.07) is 5.13. The number of nitrogens with zero attached hydrogens (tertiary/aromatic N) is 1. The first-order valence-corrected chi connectivity index (χ1v) is 6.10. The monoisotopic (exact) mass is 249 g/mol.